The lowest BCUT2D eigenvalue weighted by Crippen LogP contribution is -2.51. The number of hydrogen-bond acceptors (Lipinski definition) is 3. The number of aryl methyl sites for hydroxylation is 1. The highest BCUT2D eigenvalue weighted by atomic mass is 79.9. The number of halogens is 1. The maximum atomic E-state index is 13.5. The highest BCUT2D eigenvalue weighted by Crippen LogP contribution is 2.18. The molecule has 0 heterocycles. The van der Waals surface area contributed by atoms with Gasteiger partial charge in [0.25, 0.3) is 5.91 Å². The van der Waals surface area contributed by atoms with Gasteiger partial charge in [-0.2, -0.15) is 0 Å². The largest absolute Gasteiger partial charge is 0.484 e. The zero-order chi connectivity index (χ0) is 24.3. The highest BCUT2D eigenvalue weighted by Gasteiger charge is 2.30. The summed E-state index contributed by atoms with van der Waals surface area (Å²) < 4.78 is 6.77. The number of ether oxygens (including phenoxy) is 1. The van der Waals surface area contributed by atoms with Gasteiger partial charge in [0.1, 0.15) is 11.8 Å². The molecule has 1 N–H and O–H groups in total. The molecule has 0 saturated heterocycles. The van der Waals surface area contributed by atoms with E-state index >= 15 is 0 Å². The second kappa shape index (κ2) is 12.9. The van der Waals surface area contributed by atoms with Gasteiger partial charge in [-0.3, -0.25) is 9.59 Å². The van der Waals surface area contributed by atoms with Crippen LogP contribution >= 0.6 is 15.9 Å². The number of nitrogens with zero attached hydrogens (tertiary/aromatic N) is 1. The Morgan fingerprint density at radius 2 is 1.53 bits per heavy atom. The first kappa shape index (κ1) is 25.5. The number of amides is 2. The molecule has 3 aromatic rings. The number of nitrogens with one attached hydrogen (secondary N) is 1. The van der Waals surface area contributed by atoms with Crippen LogP contribution in [0.5, 0.6) is 5.75 Å². The van der Waals surface area contributed by atoms with E-state index < -0.39 is 6.04 Å². The molecule has 0 fully saturated rings. The molecule has 178 valence electrons. The van der Waals surface area contributed by atoms with Crippen molar-refractivity contribution in [2.45, 2.75) is 39.3 Å². The Balaban J connectivity index is 1.85. The number of hydrogen-bond donors (Lipinski definition) is 1. The average molecular weight is 523 g/mol. The summed E-state index contributed by atoms with van der Waals surface area (Å²) in [7, 11) is 0. The van der Waals surface area contributed by atoms with Crippen molar-refractivity contribution in [1.82, 2.24) is 10.2 Å². The first-order valence-corrected chi connectivity index (χ1v) is 12.4. The minimum absolute atomic E-state index is 0.146. The SMILES string of the molecule is CCNC(=O)[C@@H](Cc1ccccc1)N(Cc1ccc(Br)cc1)C(=O)COc1ccc(CC)cc1. The number of carbonyl (C=O) groups excluding carboxylic acids is 2. The zero-order valence-electron chi connectivity index (χ0n) is 19.7. The molecule has 0 radical (unpaired) electrons. The zero-order valence-corrected chi connectivity index (χ0v) is 21.3. The van der Waals surface area contributed by atoms with Crippen molar-refractivity contribution in [2.24, 2.45) is 0 Å². The van der Waals surface area contributed by atoms with Crippen molar-refractivity contribution < 1.29 is 14.3 Å². The minimum Gasteiger partial charge on any atom is -0.484 e. The maximum absolute atomic E-state index is 13.5. The molecule has 0 spiro atoms. The van der Waals surface area contributed by atoms with Gasteiger partial charge in [-0.25, -0.2) is 0 Å². The Bertz CT molecular complexity index is 1050. The van der Waals surface area contributed by atoms with Gasteiger partial charge in [0.15, 0.2) is 6.61 Å². The molecule has 3 aromatic carbocycles. The van der Waals surface area contributed by atoms with Gasteiger partial charge >= 0.3 is 0 Å². The van der Waals surface area contributed by atoms with Gasteiger partial charge in [0.05, 0.1) is 0 Å². The molecule has 2 amide bonds. The summed E-state index contributed by atoms with van der Waals surface area (Å²) >= 11 is 3.45. The van der Waals surface area contributed by atoms with Crippen molar-refractivity contribution in [3.8, 4) is 5.75 Å². The smallest absolute Gasteiger partial charge is 0.261 e. The predicted molar refractivity (Wildman–Crippen MR) is 139 cm³/mol. The van der Waals surface area contributed by atoms with Crippen LogP contribution in [0.25, 0.3) is 0 Å². The Morgan fingerprint density at radius 1 is 0.882 bits per heavy atom. The van der Waals surface area contributed by atoms with Gasteiger partial charge in [-0.15, -0.1) is 0 Å². The Hall–Kier alpha value is -3.12. The third-order valence-corrected chi connectivity index (χ3v) is 6.11. The third kappa shape index (κ3) is 7.45. The molecule has 3 rings (SSSR count). The normalized spacial score (nSPS) is 11.5. The highest BCUT2D eigenvalue weighted by molar-refractivity contribution is 9.10. The van der Waals surface area contributed by atoms with E-state index in [4.69, 9.17) is 4.74 Å². The second-order valence-electron chi connectivity index (χ2n) is 8.03. The molecule has 1 atom stereocenters. The van der Waals surface area contributed by atoms with Crippen LogP contribution in [-0.4, -0.2) is 35.9 Å². The monoisotopic (exact) mass is 522 g/mol. The Kier molecular flexibility index (Phi) is 9.71. The van der Waals surface area contributed by atoms with Crippen LogP contribution in [0.15, 0.2) is 83.3 Å². The van der Waals surface area contributed by atoms with E-state index in [9.17, 15) is 9.59 Å². The molecule has 5 nitrogen and oxygen atoms in total. The molecular weight excluding hydrogens is 492 g/mol. The fourth-order valence-electron chi connectivity index (χ4n) is 3.68. The van der Waals surface area contributed by atoms with Crippen molar-refractivity contribution in [1.29, 1.82) is 0 Å². The van der Waals surface area contributed by atoms with Crippen LogP contribution in [0, 0.1) is 0 Å². The lowest BCUT2D eigenvalue weighted by atomic mass is 10.0. The van der Waals surface area contributed by atoms with Crippen LogP contribution < -0.4 is 10.1 Å². The summed E-state index contributed by atoms with van der Waals surface area (Å²) in [5, 5.41) is 2.90. The van der Waals surface area contributed by atoms with Gasteiger partial charge in [-0.05, 0) is 54.3 Å². The van der Waals surface area contributed by atoms with E-state index in [1.54, 1.807) is 4.90 Å². The maximum Gasteiger partial charge on any atom is 0.261 e. The molecule has 0 aliphatic heterocycles. The Labute approximate surface area is 210 Å². The van der Waals surface area contributed by atoms with Gasteiger partial charge in [-0.1, -0.05) is 77.5 Å². The van der Waals surface area contributed by atoms with Crippen molar-refractivity contribution in [3.05, 3.63) is 100 Å². The van der Waals surface area contributed by atoms with Crippen LogP contribution in [0.4, 0.5) is 0 Å². The average Bonchev–Trinajstić information content (AvgIpc) is 2.87. The summed E-state index contributed by atoms with van der Waals surface area (Å²) in [6.45, 7) is 4.62. The van der Waals surface area contributed by atoms with E-state index in [2.05, 4.69) is 28.2 Å². The molecule has 0 bridgehead atoms. The van der Waals surface area contributed by atoms with E-state index in [-0.39, 0.29) is 18.4 Å². The quantitative estimate of drug-likeness (QED) is 0.378. The van der Waals surface area contributed by atoms with Crippen LogP contribution in [0.3, 0.4) is 0 Å². The number of benzene rings is 3. The molecule has 0 aliphatic rings. The summed E-state index contributed by atoms with van der Waals surface area (Å²) in [5.74, 6) is 0.213. The first-order valence-electron chi connectivity index (χ1n) is 11.6. The summed E-state index contributed by atoms with van der Waals surface area (Å²) in [4.78, 5) is 28.2. The lowest BCUT2D eigenvalue weighted by molar-refractivity contribution is -0.142. The molecule has 0 aliphatic carbocycles. The Morgan fingerprint density at radius 3 is 2.15 bits per heavy atom. The fourth-order valence-corrected chi connectivity index (χ4v) is 3.95. The minimum atomic E-state index is -0.662. The number of likely N-dealkylation sites (N-methyl/N-ethyl adjacent to an activating group) is 1. The molecule has 0 unspecified atom stereocenters. The molecular formula is C28H31BrN2O3. The first-order chi connectivity index (χ1) is 16.5. The van der Waals surface area contributed by atoms with E-state index in [0.29, 0.717) is 25.3 Å². The lowest BCUT2D eigenvalue weighted by Gasteiger charge is -2.31. The molecule has 34 heavy (non-hydrogen) atoms. The van der Waals surface area contributed by atoms with E-state index in [1.165, 1.54) is 5.56 Å². The topological polar surface area (TPSA) is 58.6 Å². The molecule has 6 heteroatoms. The third-order valence-electron chi connectivity index (χ3n) is 5.58. The van der Waals surface area contributed by atoms with Crippen LogP contribution in [0.2, 0.25) is 0 Å². The number of rotatable bonds is 11. The summed E-state index contributed by atoms with van der Waals surface area (Å²) in [5.41, 5.74) is 3.13. The van der Waals surface area contributed by atoms with Crippen molar-refractivity contribution in [2.75, 3.05) is 13.2 Å². The summed E-state index contributed by atoms with van der Waals surface area (Å²) in [6.07, 6.45) is 1.36. The van der Waals surface area contributed by atoms with E-state index in [0.717, 1.165) is 22.0 Å². The fraction of sp³-hybridized carbons (Fsp3) is 0.286. The van der Waals surface area contributed by atoms with Gasteiger partial charge in [0, 0.05) is 24.0 Å². The predicted octanol–water partition coefficient (Wildman–Crippen LogP) is 5.17. The van der Waals surface area contributed by atoms with Gasteiger partial charge < -0.3 is 15.0 Å². The van der Waals surface area contributed by atoms with Crippen LogP contribution in [-0.2, 0) is 29.0 Å². The molecule has 0 aromatic heterocycles. The molecule has 0 saturated carbocycles. The van der Waals surface area contributed by atoms with Crippen LogP contribution in [0.1, 0.15) is 30.5 Å². The van der Waals surface area contributed by atoms with Crippen molar-refractivity contribution in [3.63, 3.8) is 0 Å². The standard InChI is InChI=1S/C28H31BrN2O3/c1-3-21-12-16-25(17-13-21)34-20-27(32)31(19-23-10-14-24(29)15-11-23)26(28(33)30-4-2)18-22-8-6-5-7-9-22/h5-17,26H,3-4,18-20H2,1-2H3,(H,30,33)/t26-/m1/s1. The summed E-state index contributed by atoms with van der Waals surface area (Å²) in [6, 6.07) is 24.6. The van der Waals surface area contributed by atoms with Gasteiger partial charge in [0.2, 0.25) is 5.91 Å². The number of carbonyl (C=O) groups is 2. The van der Waals surface area contributed by atoms with E-state index in [1.807, 2.05) is 85.8 Å². The van der Waals surface area contributed by atoms with Crippen molar-refractivity contribution >= 4 is 27.7 Å². The second-order valence-corrected chi connectivity index (χ2v) is 8.95.